The van der Waals surface area contributed by atoms with Gasteiger partial charge < -0.3 is 21.1 Å². The fourth-order valence-electron chi connectivity index (χ4n) is 3.97. The number of nitrogens with one attached hydrogen (secondary N) is 2. The van der Waals surface area contributed by atoms with Gasteiger partial charge in [0.1, 0.15) is 23.0 Å². The number of hydrogen-bond donors (Lipinski definition) is 3. The summed E-state index contributed by atoms with van der Waals surface area (Å²) >= 11 is 0. The molecule has 4 heterocycles. The van der Waals surface area contributed by atoms with E-state index in [1.165, 1.54) is 0 Å². The van der Waals surface area contributed by atoms with Gasteiger partial charge in [0.05, 0.1) is 24.6 Å². The molecule has 1 saturated heterocycles. The Hall–Kier alpha value is -3.20. The van der Waals surface area contributed by atoms with Gasteiger partial charge >= 0.3 is 0 Å². The summed E-state index contributed by atoms with van der Waals surface area (Å²) in [6, 6.07) is 5.62. The van der Waals surface area contributed by atoms with Crippen LogP contribution in [0.5, 0.6) is 5.75 Å². The van der Waals surface area contributed by atoms with Crippen LogP contribution < -0.4 is 21.1 Å². The summed E-state index contributed by atoms with van der Waals surface area (Å²) in [7, 11) is 1.66. The molecule has 4 N–H and O–H groups in total. The zero-order valence-electron chi connectivity index (χ0n) is 16.9. The van der Waals surface area contributed by atoms with Crippen molar-refractivity contribution in [2.75, 3.05) is 25.5 Å². The molecule has 156 valence electrons. The number of nitrogens with two attached hydrogens (primary N) is 1. The number of hydrogen-bond acceptors (Lipinski definition) is 7. The molecular weight excluding hydrogens is 382 g/mol. The lowest BCUT2D eigenvalue weighted by molar-refractivity contribution is 0.100. The number of piperidine rings is 1. The Labute approximate surface area is 174 Å². The van der Waals surface area contributed by atoms with Crippen molar-refractivity contribution in [1.82, 2.24) is 24.9 Å². The third-order valence-corrected chi connectivity index (χ3v) is 5.73. The van der Waals surface area contributed by atoms with E-state index in [1.54, 1.807) is 30.0 Å². The van der Waals surface area contributed by atoms with Gasteiger partial charge in [0.15, 0.2) is 5.65 Å². The fraction of sp³-hybridized carbons (Fsp3) is 0.429. The summed E-state index contributed by atoms with van der Waals surface area (Å²) in [5.74, 6) is 1.20. The normalized spacial score (nSPS) is 19.0. The lowest BCUT2D eigenvalue weighted by atomic mass is 10.1. The lowest BCUT2D eigenvalue weighted by Gasteiger charge is -2.25. The van der Waals surface area contributed by atoms with Crippen LogP contribution in [-0.2, 0) is 0 Å². The van der Waals surface area contributed by atoms with Crippen molar-refractivity contribution in [3.63, 3.8) is 0 Å². The van der Waals surface area contributed by atoms with E-state index in [9.17, 15) is 4.79 Å². The number of primary amides is 1. The molecule has 1 saturated carbocycles. The number of amides is 1. The number of fused-ring (bicyclic) bond motifs is 1. The number of carbonyl (C=O) groups is 1. The molecule has 3 aromatic heterocycles. The number of methoxy groups -OCH3 is 1. The molecule has 9 nitrogen and oxygen atoms in total. The van der Waals surface area contributed by atoms with Gasteiger partial charge in [-0.15, -0.1) is 0 Å². The van der Waals surface area contributed by atoms with Crippen LogP contribution in [0.15, 0.2) is 24.4 Å². The van der Waals surface area contributed by atoms with Crippen LogP contribution in [0.4, 0.5) is 5.82 Å². The predicted octanol–water partition coefficient (Wildman–Crippen LogP) is 1.94. The first-order valence-corrected chi connectivity index (χ1v) is 10.3. The van der Waals surface area contributed by atoms with E-state index in [4.69, 9.17) is 20.6 Å². The molecule has 2 fully saturated rings. The number of nitrogens with zero attached hydrogens (tertiary/aromatic N) is 4. The summed E-state index contributed by atoms with van der Waals surface area (Å²) in [6.45, 7) is 1.83. The second-order valence-electron chi connectivity index (χ2n) is 7.93. The van der Waals surface area contributed by atoms with E-state index in [-0.39, 0.29) is 6.04 Å². The van der Waals surface area contributed by atoms with E-state index in [2.05, 4.69) is 15.6 Å². The number of ether oxygens (including phenoxy) is 1. The topological polar surface area (TPSA) is 119 Å². The van der Waals surface area contributed by atoms with Gasteiger partial charge in [-0.25, -0.2) is 14.5 Å². The van der Waals surface area contributed by atoms with Crippen LogP contribution in [0, 0.1) is 0 Å². The maximum Gasteiger partial charge on any atom is 0.252 e. The smallest absolute Gasteiger partial charge is 0.252 e. The van der Waals surface area contributed by atoms with Crippen LogP contribution in [0.3, 0.4) is 0 Å². The molecule has 1 aliphatic heterocycles. The van der Waals surface area contributed by atoms with Gasteiger partial charge in [-0.05, 0) is 44.4 Å². The van der Waals surface area contributed by atoms with Crippen LogP contribution >= 0.6 is 0 Å². The van der Waals surface area contributed by atoms with Gasteiger partial charge in [0.2, 0.25) is 0 Å². The first kappa shape index (κ1) is 18.8. The minimum Gasteiger partial charge on any atom is -0.495 e. The first-order valence-electron chi connectivity index (χ1n) is 10.3. The molecule has 0 aromatic carbocycles. The van der Waals surface area contributed by atoms with Crippen LogP contribution in [0.25, 0.3) is 17.0 Å². The Morgan fingerprint density at radius 1 is 1.33 bits per heavy atom. The second-order valence-corrected chi connectivity index (χ2v) is 7.93. The third-order valence-electron chi connectivity index (χ3n) is 5.73. The van der Waals surface area contributed by atoms with Gasteiger partial charge in [0, 0.05) is 24.6 Å². The summed E-state index contributed by atoms with van der Waals surface area (Å²) in [5, 5.41) is 11.6. The van der Waals surface area contributed by atoms with Crippen LogP contribution in [0.1, 0.15) is 47.7 Å². The van der Waals surface area contributed by atoms with E-state index >= 15 is 0 Å². The molecule has 30 heavy (non-hydrogen) atoms. The van der Waals surface area contributed by atoms with E-state index in [0.29, 0.717) is 28.6 Å². The van der Waals surface area contributed by atoms with Crippen molar-refractivity contribution in [3.8, 4) is 17.1 Å². The average molecular weight is 407 g/mol. The monoisotopic (exact) mass is 407 g/mol. The standard InChI is InChI=1S/C21H25N7O2/c1-30-17-9-18-24-11-16(28(18)27-19(17)12-4-5-12)15-7-6-14(20(22)29)21(26-15)25-13-3-2-8-23-10-13/h6-7,9,11-13,23H,2-5,8,10H2,1H3,(H2,22,29)(H,25,26)/t13-/m1/s1. The molecule has 2 aliphatic rings. The Morgan fingerprint density at radius 2 is 2.20 bits per heavy atom. The highest BCUT2D eigenvalue weighted by Gasteiger charge is 2.30. The highest BCUT2D eigenvalue weighted by Crippen LogP contribution is 2.43. The summed E-state index contributed by atoms with van der Waals surface area (Å²) in [4.78, 5) is 21.2. The van der Waals surface area contributed by atoms with Crippen LogP contribution in [-0.4, -0.2) is 51.7 Å². The summed E-state index contributed by atoms with van der Waals surface area (Å²) in [5.41, 5.74) is 9.05. The number of carbonyl (C=O) groups excluding carboxylic acids is 1. The van der Waals surface area contributed by atoms with Crippen molar-refractivity contribution >= 4 is 17.4 Å². The number of pyridine rings is 1. The quantitative estimate of drug-likeness (QED) is 0.571. The average Bonchev–Trinajstić information content (AvgIpc) is 3.52. The minimum absolute atomic E-state index is 0.200. The molecule has 1 amide bonds. The predicted molar refractivity (Wildman–Crippen MR) is 113 cm³/mol. The molecule has 9 heteroatoms. The van der Waals surface area contributed by atoms with Crippen molar-refractivity contribution in [3.05, 3.63) is 35.7 Å². The maximum atomic E-state index is 12.0. The van der Waals surface area contributed by atoms with Crippen molar-refractivity contribution in [2.45, 2.75) is 37.6 Å². The zero-order chi connectivity index (χ0) is 20.7. The van der Waals surface area contributed by atoms with Gasteiger partial charge in [0.25, 0.3) is 5.91 Å². The highest BCUT2D eigenvalue weighted by molar-refractivity contribution is 5.98. The van der Waals surface area contributed by atoms with E-state index in [1.807, 2.05) is 6.07 Å². The van der Waals surface area contributed by atoms with Crippen LogP contribution in [0.2, 0.25) is 0 Å². The van der Waals surface area contributed by atoms with E-state index < -0.39 is 5.91 Å². The lowest BCUT2D eigenvalue weighted by Crippen LogP contribution is -2.39. The Kier molecular flexibility index (Phi) is 4.74. The molecule has 0 radical (unpaired) electrons. The summed E-state index contributed by atoms with van der Waals surface area (Å²) < 4.78 is 7.32. The molecule has 3 aromatic rings. The summed E-state index contributed by atoms with van der Waals surface area (Å²) in [6.07, 6.45) is 6.07. The molecule has 0 bridgehead atoms. The van der Waals surface area contributed by atoms with E-state index in [0.717, 1.165) is 55.9 Å². The number of imidazole rings is 1. The number of anilines is 1. The van der Waals surface area contributed by atoms with Crippen molar-refractivity contribution in [2.24, 2.45) is 5.73 Å². The van der Waals surface area contributed by atoms with Gasteiger partial charge in [-0.1, -0.05) is 0 Å². The molecule has 0 unspecified atom stereocenters. The largest absolute Gasteiger partial charge is 0.495 e. The molecular formula is C21H25N7O2. The van der Waals surface area contributed by atoms with Gasteiger partial charge in [-0.3, -0.25) is 4.79 Å². The molecule has 1 atom stereocenters. The maximum absolute atomic E-state index is 12.0. The Morgan fingerprint density at radius 3 is 2.90 bits per heavy atom. The fourth-order valence-corrected chi connectivity index (χ4v) is 3.97. The first-order chi connectivity index (χ1) is 14.6. The molecule has 1 aliphatic carbocycles. The number of aromatic nitrogens is 4. The van der Waals surface area contributed by atoms with Crippen molar-refractivity contribution in [1.29, 1.82) is 0 Å². The highest BCUT2D eigenvalue weighted by atomic mass is 16.5. The third kappa shape index (κ3) is 3.45. The SMILES string of the molecule is COc1cc2ncc(-c3ccc(C(N)=O)c(N[C@@H]4CCCNC4)n3)n2nc1C1CC1. The molecule has 5 rings (SSSR count). The van der Waals surface area contributed by atoms with Crippen molar-refractivity contribution < 1.29 is 9.53 Å². The minimum atomic E-state index is -0.502. The molecule has 0 spiro atoms. The number of rotatable bonds is 6. The zero-order valence-corrected chi connectivity index (χ0v) is 16.9. The Bertz CT molecular complexity index is 1100. The second kappa shape index (κ2) is 7.56. The Balaban J connectivity index is 1.56. The van der Waals surface area contributed by atoms with Gasteiger partial charge in [-0.2, -0.15) is 5.10 Å².